The van der Waals surface area contributed by atoms with Crippen molar-refractivity contribution < 1.29 is 14.3 Å². The highest BCUT2D eigenvalue weighted by Gasteiger charge is 2.29. The van der Waals surface area contributed by atoms with Gasteiger partial charge in [-0.3, -0.25) is 4.79 Å². The molecule has 0 radical (unpaired) electrons. The Balaban J connectivity index is 1.29. The summed E-state index contributed by atoms with van der Waals surface area (Å²) in [6.45, 7) is 0.502. The molecule has 0 unspecified atom stereocenters. The fourth-order valence-electron chi connectivity index (χ4n) is 4.59. The summed E-state index contributed by atoms with van der Waals surface area (Å²) in [4.78, 5) is 23.8. The Morgan fingerprint density at radius 3 is 2.26 bits per heavy atom. The van der Waals surface area contributed by atoms with E-state index in [0.717, 1.165) is 23.0 Å². The number of benzene rings is 4. The van der Waals surface area contributed by atoms with Crippen LogP contribution in [0, 0.1) is 0 Å². The highest BCUT2D eigenvalue weighted by molar-refractivity contribution is 6.30. The van der Waals surface area contributed by atoms with Crippen molar-refractivity contribution in [2.45, 2.75) is 12.5 Å². The molecular weight excluding hydrogens is 446 g/mol. The number of carbonyl (C=O) groups is 2. The largest absolute Gasteiger partial charge is 0.449 e. The molecule has 168 valence electrons. The molecule has 0 bridgehead atoms. The summed E-state index contributed by atoms with van der Waals surface area (Å²) in [7, 11) is 0. The average Bonchev–Trinajstić information content (AvgIpc) is 3.20. The van der Waals surface area contributed by atoms with Crippen molar-refractivity contribution in [2.24, 2.45) is 0 Å². The zero-order chi connectivity index (χ0) is 23.5. The quantitative estimate of drug-likeness (QED) is 0.315. The van der Waals surface area contributed by atoms with E-state index >= 15 is 0 Å². The smallest absolute Gasteiger partial charge is 0.407 e. The minimum absolute atomic E-state index is 0.00552. The molecule has 1 N–H and O–H groups in total. The number of amides is 1. The number of rotatable bonds is 6. The van der Waals surface area contributed by atoms with Crippen LogP contribution in [0.3, 0.4) is 0 Å². The first-order chi connectivity index (χ1) is 16.6. The second-order valence-electron chi connectivity index (χ2n) is 8.22. The summed E-state index contributed by atoms with van der Waals surface area (Å²) in [6, 6.07) is 29.3. The van der Waals surface area contributed by atoms with Crippen molar-refractivity contribution in [3.63, 3.8) is 0 Å². The van der Waals surface area contributed by atoms with E-state index in [1.54, 1.807) is 12.1 Å². The van der Waals surface area contributed by atoms with Gasteiger partial charge >= 0.3 is 6.09 Å². The van der Waals surface area contributed by atoms with E-state index in [1.807, 2.05) is 54.6 Å². The number of fused-ring (bicyclic) bond motifs is 3. The van der Waals surface area contributed by atoms with Gasteiger partial charge in [0.15, 0.2) is 0 Å². The molecule has 1 aliphatic rings. The summed E-state index contributed by atoms with van der Waals surface area (Å²) in [6.07, 6.45) is 0.322. The molecule has 1 amide bonds. The van der Waals surface area contributed by atoms with Crippen LogP contribution in [0.1, 0.15) is 33.0 Å². The van der Waals surface area contributed by atoms with Gasteiger partial charge in [0.1, 0.15) is 12.9 Å². The third-order valence-corrected chi connectivity index (χ3v) is 6.40. The summed E-state index contributed by atoms with van der Waals surface area (Å²) in [5.41, 5.74) is 7.92. The van der Waals surface area contributed by atoms with Gasteiger partial charge in [0.25, 0.3) is 0 Å². The van der Waals surface area contributed by atoms with Crippen molar-refractivity contribution in [2.75, 3.05) is 6.61 Å². The standard InChI is InChI=1S/C29H22ClNO3/c30-22-12-13-23(20-7-5-6-19(14-20)17-32)21(15-22)16-31-29(33)34-18-28-26-10-3-1-8-24(26)25-9-2-4-11-27(25)28/h1-15,17,28H,16,18H2,(H,31,33). The minimum atomic E-state index is -0.491. The molecule has 1 aliphatic carbocycles. The second-order valence-corrected chi connectivity index (χ2v) is 8.66. The molecular formula is C29H22ClNO3. The van der Waals surface area contributed by atoms with Gasteiger partial charge in [0, 0.05) is 23.0 Å². The first-order valence-electron chi connectivity index (χ1n) is 11.1. The lowest BCUT2D eigenvalue weighted by atomic mass is 9.98. The summed E-state index contributed by atoms with van der Waals surface area (Å²) >= 11 is 6.22. The van der Waals surface area contributed by atoms with Crippen molar-refractivity contribution in [1.29, 1.82) is 0 Å². The lowest BCUT2D eigenvalue weighted by molar-refractivity contribution is 0.112. The van der Waals surface area contributed by atoms with Crippen molar-refractivity contribution in [3.05, 3.63) is 118 Å². The average molecular weight is 468 g/mol. The third-order valence-electron chi connectivity index (χ3n) is 6.17. The van der Waals surface area contributed by atoms with Gasteiger partial charge in [0.05, 0.1) is 0 Å². The Hall–Kier alpha value is -3.89. The molecule has 0 fully saturated rings. The Labute approximate surface area is 203 Å². The van der Waals surface area contributed by atoms with E-state index in [4.69, 9.17) is 16.3 Å². The van der Waals surface area contributed by atoms with Crippen LogP contribution in [0.2, 0.25) is 5.02 Å². The fourth-order valence-corrected chi connectivity index (χ4v) is 4.78. The van der Waals surface area contributed by atoms with Gasteiger partial charge in [-0.15, -0.1) is 0 Å². The van der Waals surface area contributed by atoms with Crippen LogP contribution in [0.5, 0.6) is 0 Å². The molecule has 4 aromatic carbocycles. The summed E-state index contributed by atoms with van der Waals surface area (Å²) in [5.74, 6) is 0.00552. The Bertz CT molecular complexity index is 1340. The van der Waals surface area contributed by atoms with E-state index < -0.39 is 6.09 Å². The summed E-state index contributed by atoms with van der Waals surface area (Å²) < 4.78 is 5.64. The molecule has 4 aromatic rings. The highest BCUT2D eigenvalue weighted by atomic mass is 35.5. The first kappa shape index (κ1) is 21.9. The molecule has 0 saturated carbocycles. The van der Waals surface area contributed by atoms with Gasteiger partial charge in [-0.25, -0.2) is 4.79 Å². The zero-order valence-corrected chi connectivity index (χ0v) is 19.1. The van der Waals surface area contributed by atoms with Gasteiger partial charge in [-0.1, -0.05) is 84.4 Å². The van der Waals surface area contributed by atoms with E-state index in [2.05, 4.69) is 29.6 Å². The minimum Gasteiger partial charge on any atom is -0.449 e. The zero-order valence-electron chi connectivity index (χ0n) is 18.3. The number of hydrogen-bond acceptors (Lipinski definition) is 3. The molecule has 0 heterocycles. The van der Waals surface area contributed by atoms with Crippen LogP contribution in [0.15, 0.2) is 91.0 Å². The van der Waals surface area contributed by atoms with E-state index in [1.165, 1.54) is 22.3 Å². The maximum absolute atomic E-state index is 12.6. The Kier molecular flexibility index (Phi) is 6.15. The predicted octanol–water partition coefficient (Wildman–Crippen LogP) is 6.86. The lowest BCUT2D eigenvalue weighted by Gasteiger charge is -2.15. The van der Waals surface area contributed by atoms with Crippen LogP contribution in [-0.4, -0.2) is 19.0 Å². The number of aldehydes is 1. The van der Waals surface area contributed by atoms with Crippen LogP contribution < -0.4 is 5.32 Å². The van der Waals surface area contributed by atoms with E-state index in [-0.39, 0.29) is 19.1 Å². The van der Waals surface area contributed by atoms with Crippen LogP contribution in [0.4, 0.5) is 4.79 Å². The van der Waals surface area contributed by atoms with Gasteiger partial charge in [0.2, 0.25) is 0 Å². The van der Waals surface area contributed by atoms with Crippen LogP contribution >= 0.6 is 11.6 Å². The normalized spacial score (nSPS) is 12.0. The molecule has 5 rings (SSSR count). The molecule has 0 saturated heterocycles. The topological polar surface area (TPSA) is 55.4 Å². The van der Waals surface area contributed by atoms with E-state index in [9.17, 15) is 9.59 Å². The molecule has 34 heavy (non-hydrogen) atoms. The van der Waals surface area contributed by atoms with E-state index in [0.29, 0.717) is 10.6 Å². The number of carbonyl (C=O) groups excluding carboxylic acids is 2. The van der Waals surface area contributed by atoms with Crippen LogP contribution in [-0.2, 0) is 11.3 Å². The van der Waals surface area contributed by atoms with Crippen LogP contribution in [0.25, 0.3) is 22.3 Å². The molecule has 0 aromatic heterocycles. The Morgan fingerprint density at radius 2 is 1.56 bits per heavy atom. The second kappa shape index (κ2) is 9.54. The highest BCUT2D eigenvalue weighted by Crippen LogP contribution is 2.44. The number of nitrogens with one attached hydrogen (secondary N) is 1. The number of alkyl carbamates (subject to hydrolysis) is 1. The van der Waals surface area contributed by atoms with Gasteiger partial charge < -0.3 is 10.1 Å². The molecule has 0 spiro atoms. The number of halogens is 1. The van der Waals surface area contributed by atoms with Crippen molar-refractivity contribution in [1.82, 2.24) is 5.32 Å². The first-order valence-corrected chi connectivity index (χ1v) is 11.4. The molecule has 0 atom stereocenters. The maximum Gasteiger partial charge on any atom is 0.407 e. The summed E-state index contributed by atoms with van der Waals surface area (Å²) in [5, 5.41) is 3.42. The number of hydrogen-bond donors (Lipinski definition) is 1. The van der Waals surface area contributed by atoms with Gasteiger partial charge in [-0.2, -0.15) is 0 Å². The lowest BCUT2D eigenvalue weighted by Crippen LogP contribution is -2.26. The predicted molar refractivity (Wildman–Crippen MR) is 134 cm³/mol. The molecule has 5 heteroatoms. The molecule has 4 nitrogen and oxygen atoms in total. The van der Waals surface area contributed by atoms with Crippen molar-refractivity contribution >= 4 is 24.0 Å². The maximum atomic E-state index is 12.6. The SMILES string of the molecule is O=Cc1cccc(-c2ccc(Cl)cc2CNC(=O)OCC2c3ccccc3-c3ccccc32)c1. The monoisotopic (exact) mass is 467 g/mol. The van der Waals surface area contributed by atoms with Crippen molar-refractivity contribution in [3.8, 4) is 22.3 Å². The Morgan fingerprint density at radius 1 is 0.853 bits per heavy atom. The van der Waals surface area contributed by atoms with Gasteiger partial charge in [-0.05, 0) is 57.1 Å². The number of ether oxygens (including phenoxy) is 1. The molecule has 0 aliphatic heterocycles. The third kappa shape index (κ3) is 4.33. The fraction of sp³-hybridized carbons (Fsp3) is 0.103.